The number of thioether (sulfide) groups is 1. The van der Waals surface area contributed by atoms with Crippen molar-refractivity contribution < 1.29 is 9.59 Å². The van der Waals surface area contributed by atoms with Crippen LogP contribution in [-0.2, 0) is 0 Å². The van der Waals surface area contributed by atoms with Gasteiger partial charge < -0.3 is 0 Å². The Morgan fingerprint density at radius 1 is 0.679 bits per heavy atom. The molecule has 0 aliphatic rings. The zero-order chi connectivity index (χ0) is 20.1. The number of ketones is 2. The van der Waals surface area contributed by atoms with Gasteiger partial charge in [0.2, 0.25) is 0 Å². The van der Waals surface area contributed by atoms with Crippen molar-refractivity contribution in [2.75, 3.05) is 0 Å². The van der Waals surface area contributed by atoms with Gasteiger partial charge in [-0.2, -0.15) is 0 Å². The van der Waals surface area contributed by atoms with Crippen LogP contribution < -0.4 is 0 Å². The van der Waals surface area contributed by atoms with E-state index in [9.17, 15) is 9.59 Å². The van der Waals surface area contributed by atoms with Crippen molar-refractivity contribution in [1.82, 2.24) is 0 Å². The van der Waals surface area contributed by atoms with Crippen LogP contribution in [0.25, 0.3) is 0 Å². The predicted octanol–water partition coefficient (Wildman–Crippen LogP) is 6.23. The Morgan fingerprint density at radius 2 is 1.11 bits per heavy atom. The summed E-state index contributed by atoms with van der Waals surface area (Å²) in [5, 5.41) is -0.459. The van der Waals surface area contributed by atoms with E-state index in [0.29, 0.717) is 11.1 Å². The second-order valence-electron chi connectivity index (χ2n) is 7.14. The first-order valence-electron chi connectivity index (χ1n) is 9.36. The number of hydrogen-bond acceptors (Lipinski definition) is 3. The van der Waals surface area contributed by atoms with Gasteiger partial charge in [0.1, 0.15) is 0 Å². The second kappa shape index (κ2) is 9.03. The standard InChI is InChI=1S/C25H24O2S/c1-17-4-10-20(11-5-17)23(26)16-24(28-22-14-8-19(3)9-15-22)25(27)21-12-6-18(2)7-13-21/h4-15,24H,16H2,1-3H3/t24-/m1/s1. The highest BCUT2D eigenvalue weighted by Gasteiger charge is 2.25. The van der Waals surface area contributed by atoms with Crippen LogP contribution in [0.2, 0.25) is 0 Å². The average molecular weight is 389 g/mol. The smallest absolute Gasteiger partial charge is 0.176 e. The number of carbonyl (C=O) groups excluding carboxylic acids is 2. The van der Waals surface area contributed by atoms with Crippen LogP contribution in [0.15, 0.2) is 77.7 Å². The van der Waals surface area contributed by atoms with Gasteiger partial charge in [-0.3, -0.25) is 9.59 Å². The second-order valence-corrected chi connectivity index (χ2v) is 8.42. The van der Waals surface area contributed by atoms with Crippen molar-refractivity contribution in [3.05, 3.63) is 101 Å². The maximum atomic E-state index is 13.2. The molecule has 0 unspecified atom stereocenters. The fourth-order valence-electron chi connectivity index (χ4n) is 2.90. The summed E-state index contributed by atoms with van der Waals surface area (Å²) in [7, 11) is 0. The third kappa shape index (κ3) is 5.20. The van der Waals surface area contributed by atoms with Crippen LogP contribution in [0, 0.1) is 20.8 Å². The molecule has 3 aromatic rings. The van der Waals surface area contributed by atoms with Gasteiger partial charge in [0.15, 0.2) is 11.6 Å². The zero-order valence-corrected chi connectivity index (χ0v) is 17.3. The fourth-order valence-corrected chi connectivity index (χ4v) is 4.00. The maximum absolute atomic E-state index is 13.2. The minimum Gasteiger partial charge on any atom is -0.294 e. The maximum Gasteiger partial charge on any atom is 0.176 e. The van der Waals surface area contributed by atoms with Gasteiger partial charge in [0.05, 0.1) is 5.25 Å². The molecule has 2 nitrogen and oxygen atoms in total. The average Bonchev–Trinajstić information content (AvgIpc) is 2.69. The van der Waals surface area contributed by atoms with E-state index in [1.807, 2.05) is 93.6 Å². The lowest BCUT2D eigenvalue weighted by atomic mass is 10.00. The molecule has 0 saturated heterocycles. The van der Waals surface area contributed by atoms with E-state index in [4.69, 9.17) is 0 Å². The summed E-state index contributed by atoms with van der Waals surface area (Å²) >= 11 is 1.46. The van der Waals surface area contributed by atoms with Crippen LogP contribution >= 0.6 is 11.8 Å². The van der Waals surface area contributed by atoms with Gasteiger partial charge >= 0.3 is 0 Å². The Hall–Kier alpha value is -2.65. The van der Waals surface area contributed by atoms with E-state index in [0.717, 1.165) is 16.0 Å². The van der Waals surface area contributed by atoms with Crippen molar-refractivity contribution >= 4 is 23.3 Å². The topological polar surface area (TPSA) is 34.1 Å². The molecule has 1 atom stereocenters. The van der Waals surface area contributed by atoms with E-state index in [1.54, 1.807) is 0 Å². The molecular formula is C25H24O2S. The van der Waals surface area contributed by atoms with Crippen molar-refractivity contribution in [1.29, 1.82) is 0 Å². The number of benzene rings is 3. The molecule has 0 aromatic heterocycles. The molecule has 3 aromatic carbocycles. The molecule has 0 amide bonds. The molecule has 0 radical (unpaired) electrons. The lowest BCUT2D eigenvalue weighted by Crippen LogP contribution is -2.21. The molecule has 0 aliphatic carbocycles. The lowest BCUT2D eigenvalue weighted by Gasteiger charge is -2.16. The third-order valence-electron chi connectivity index (χ3n) is 4.67. The van der Waals surface area contributed by atoms with Gasteiger partial charge in [-0.15, -0.1) is 11.8 Å². The van der Waals surface area contributed by atoms with Crippen molar-refractivity contribution in [2.45, 2.75) is 37.3 Å². The van der Waals surface area contributed by atoms with Crippen LogP contribution in [-0.4, -0.2) is 16.8 Å². The fraction of sp³-hybridized carbons (Fsp3) is 0.200. The summed E-state index contributed by atoms with van der Waals surface area (Å²) in [5.41, 5.74) is 4.68. The van der Waals surface area contributed by atoms with E-state index in [1.165, 1.54) is 17.3 Å². The van der Waals surface area contributed by atoms with Crippen LogP contribution in [0.1, 0.15) is 43.8 Å². The van der Waals surface area contributed by atoms with Crippen molar-refractivity contribution in [2.24, 2.45) is 0 Å². The van der Waals surface area contributed by atoms with Crippen LogP contribution in [0.5, 0.6) is 0 Å². The first-order valence-corrected chi connectivity index (χ1v) is 10.2. The molecule has 28 heavy (non-hydrogen) atoms. The molecule has 0 aliphatic heterocycles. The Kier molecular flexibility index (Phi) is 6.48. The Balaban J connectivity index is 1.85. The SMILES string of the molecule is Cc1ccc(S[C@H](CC(=O)c2ccc(C)cc2)C(=O)c2ccc(C)cc2)cc1. The van der Waals surface area contributed by atoms with E-state index >= 15 is 0 Å². The molecule has 0 bridgehead atoms. The molecule has 3 heteroatoms. The summed E-state index contributed by atoms with van der Waals surface area (Å²) in [6.07, 6.45) is 0.175. The minimum atomic E-state index is -0.459. The number of Topliss-reactive ketones (excluding diaryl/α,β-unsaturated/α-hetero) is 2. The van der Waals surface area contributed by atoms with Gasteiger partial charge in [-0.1, -0.05) is 77.4 Å². The molecule has 3 rings (SSSR count). The number of hydrogen-bond donors (Lipinski definition) is 0. The summed E-state index contributed by atoms with van der Waals surface area (Å²) < 4.78 is 0. The number of rotatable bonds is 7. The van der Waals surface area contributed by atoms with Crippen molar-refractivity contribution in [3.63, 3.8) is 0 Å². The summed E-state index contributed by atoms with van der Waals surface area (Å²) in [6, 6.07) is 23.1. The van der Waals surface area contributed by atoms with Gasteiger partial charge in [0, 0.05) is 22.4 Å². The summed E-state index contributed by atoms with van der Waals surface area (Å²) in [5.74, 6) is -0.0175. The van der Waals surface area contributed by atoms with Crippen molar-refractivity contribution in [3.8, 4) is 0 Å². The molecule has 0 spiro atoms. The zero-order valence-electron chi connectivity index (χ0n) is 16.4. The Morgan fingerprint density at radius 3 is 1.61 bits per heavy atom. The Bertz CT molecular complexity index is 955. The van der Waals surface area contributed by atoms with Gasteiger partial charge in [-0.25, -0.2) is 0 Å². The van der Waals surface area contributed by atoms with E-state index < -0.39 is 5.25 Å². The highest BCUT2D eigenvalue weighted by Crippen LogP contribution is 2.29. The molecule has 0 saturated carbocycles. The minimum absolute atomic E-state index is 0.00830. The first kappa shape index (κ1) is 20.1. The molecule has 142 valence electrons. The highest BCUT2D eigenvalue weighted by atomic mass is 32.2. The van der Waals surface area contributed by atoms with E-state index in [2.05, 4.69) is 0 Å². The number of carbonyl (C=O) groups is 2. The predicted molar refractivity (Wildman–Crippen MR) is 116 cm³/mol. The molecule has 0 fully saturated rings. The van der Waals surface area contributed by atoms with Crippen LogP contribution in [0.4, 0.5) is 0 Å². The van der Waals surface area contributed by atoms with E-state index in [-0.39, 0.29) is 18.0 Å². The quantitative estimate of drug-likeness (QED) is 0.355. The lowest BCUT2D eigenvalue weighted by molar-refractivity contribution is 0.0924. The molecule has 0 heterocycles. The van der Waals surface area contributed by atoms with Gasteiger partial charge in [-0.05, 0) is 32.9 Å². The third-order valence-corrected chi connectivity index (χ3v) is 5.88. The number of aryl methyl sites for hydroxylation is 3. The largest absolute Gasteiger partial charge is 0.294 e. The Labute approximate surface area is 171 Å². The van der Waals surface area contributed by atoms with Gasteiger partial charge in [0.25, 0.3) is 0 Å². The molecular weight excluding hydrogens is 364 g/mol. The summed E-state index contributed by atoms with van der Waals surface area (Å²) in [6.45, 7) is 6.02. The first-order chi connectivity index (χ1) is 13.4. The highest BCUT2D eigenvalue weighted by molar-refractivity contribution is 8.00. The molecule has 0 N–H and O–H groups in total. The monoisotopic (exact) mass is 388 g/mol. The summed E-state index contributed by atoms with van der Waals surface area (Å²) in [4.78, 5) is 27.0. The van der Waals surface area contributed by atoms with Crippen LogP contribution in [0.3, 0.4) is 0 Å². The normalized spacial score (nSPS) is 11.8.